The van der Waals surface area contributed by atoms with Crippen molar-refractivity contribution in [3.63, 3.8) is 0 Å². The van der Waals surface area contributed by atoms with Gasteiger partial charge in [-0.25, -0.2) is 4.39 Å². The summed E-state index contributed by atoms with van der Waals surface area (Å²) in [5.74, 6) is 1.07. The number of allylic oxidation sites excluding steroid dienone is 3. The predicted molar refractivity (Wildman–Crippen MR) is 225 cm³/mol. The largest absolute Gasteiger partial charge is 0.377 e. The van der Waals surface area contributed by atoms with Gasteiger partial charge in [0.05, 0.1) is 0 Å². The van der Waals surface area contributed by atoms with E-state index in [1.807, 2.05) is 50.5 Å². The van der Waals surface area contributed by atoms with Gasteiger partial charge in [0.1, 0.15) is 17.6 Å². The van der Waals surface area contributed by atoms with Gasteiger partial charge in [-0.05, 0) is 93.8 Å². The SMILES string of the molecule is C=C/C=C\SC(C)(C)/C(=C(/C#N)NCC)c1ccc(F)cc1.C=N.CCC(C)c1ccccc1.Cc1ccc(C(C)C)cc1.Cc1ccccc1. The minimum Gasteiger partial charge on any atom is -0.377 e. The molecular formula is C46H60FN3S. The van der Waals surface area contributed by atoms with Gasteiger partial charge in [-0.15, -0.1) is 11.8 Å². The number of benzene rings is 4. The highest BCUT2D eigenvalue weighted by molar-refractivity contribution is 8.03. The summed E-state index contributed by atoms with van der Waals surface area (Å²) in [6, 6.07) is 38.1. The van der Waals surface area contributed by atoms with Crippen molar-refractivity contribution in [2.45, 2.75) is 85.3 Å². The first kappa shape index (κ1) is 46.3. The Hall–Kier alpha value is -4.66. The molecule has 1 atom stereocenters. The van der Waals surface area contributed by atoms with Crippen molar-refractivity contribution < 1.29 is 4.39 Å². The van der Waals surface area contributed by atoms with Crippen LogP contribution in [0.4, 0.5) is 4.39 Å². The number of aryl methyl sites for hydroxylation is 2. The smallest absolute Gasteiger partial charge is 0.123 e. The summed E-state index contributed by atoms with van der Waals surface area (Å²) in [6.45, 7) is 25.9. The molecule has 0 radical (unpaired) electrons. The lowest BCUT2D eigenvalue weighted by Gasteiger charge is -2.28. The van der Waals surface area contributed by atoms with E-state index in [1.54, 1.807) is 30.0 Å². The first-order valence-corrected chi connectivity index (χ1v) is 18.4. The highest BCUT2D eigenvalue weighted by Gasteiger charge is 2.28. The Morgan fingerprint density at radius 1 is 0.824 bits per heavy atom. The summed E-state index contributed by atoms with van der Waals surface area (Å²) >= 11 is 1.59. The number of hydrogen-bond acceptors (Lipinski definition) is 4. The second-order valence-electron chi connectivity index (χ2n) is 12.5. The predicted octanol–water partition coefficient (Wildman–Crippen LogP) is 13.5. The van der Waals surface area contributed by atoms with E-state index in [2.05, 4.69) is 133 Å². The zero-order valence-corrected chi connectivity index (χ0v) is 33.2. The van der Waals surface area contributed by atoms with E-state index >= 15 is 0 Å². The maximum atomic E-state index is 13.2. The Bertz CT molecular complexity index is 1580. The third kappa shape index (κ3) is 19.4. The summed E-state index contributed by atoms with van der Waals surface area (Å²) < 4.78 is 12.8. The number of halogens is 1. The van der Waals surface area contributed by atoms with Crippen LogP contribution in [-0.2, 0) is 0 Å². The normalized spacial score (nSPS) is 11.3. The van der Waals surface area contributed by atoms with Gasteiger partial charge in [0, 0.05) is 16.9 Å². The average molecular weight is 706 g/mol. The monoisotopic (exact) mass is 705 g/mol. The molecule has 5 heteroatoms. The Morgan fingerprint density at radius 2 is 1.33 bits per heavy atom. The first-order valence-electron chi connectivity index (χ1n) is 17.5. The van der Waals surface area contributed by atoms with Crippen LogP contribution in [0.25, 0.3) is 5.57 Å². The van der Waals surface area contributed by atoms with Crippen LogP contribution in [0.15, 0.2) is 139 Å². The number of nitriles is 1. The van der Waals surface area contributed by atoms with Gasteiger partial charge in [-0.3, -0.25) is 0 Å². The summed E-state index contributed by atoms with van der Waals surface area (Å²) in [6.07, 6.45) is 4.79. The summed E-state index contributed by atoms with van der Waals surface area (Å²) in [5, 5.41) is 20.0. The zero-order valence-electron chi connectivity index (χ0n) is 32.3. The maximum Gasteiger partial charge on any atom is 0.123 e. The highest BCUT2D eigenvalue weighted by Crippen LogP contribution is 2.40. The van der Waals surface area contributed by atoms with E-state index in [1.165, 1.54) is 40.8 Å². The molecular weight excluding hydrogens is 646 g/mol. The van der Waals surface area contributed by atoms with E-state index < -0.39 is 0 Å². The van der Waals surface area contributed by atoms with Crippen molar-refractivity contribution in [2.75, 3.05) is 6.54 Å². The lowest BCUT2D eigenvalue weighted by Crippen LogP contribution is -2.23. The Kier molecular flexibility index (Phi) is 24.6. The molecule has 0 saturated heterocycles. The molecule has 0 aliphatic carbocycles. The second-order valence-corrected chi connectivity index (χ2v) is 14.1. The van der Waals surface area contributed by atoms with Crippen molar-refractivity contribution in [3.8, 4) is 6.07 Å². The fourth-order valence-corrected chi connectivity index (χ4v) is 5.46. The lowest BCUT2D eigenvalue weighted by atomic mass is 9.92. The summed E-state index contributed by atoms with van der Waals surface area (Å²) in [5.41, 5.74) is 7.74. The third-order valence-corrected chi connectivity index (χ3v) is 8.78. The van der Waals surface area contributed by atoms with Crippen LogP contribution in [0.3, 0.4) is 0 Å². The topological polar surface area (TPSA) is 59.7 Å². The molecule has 1 unspecified atom stereocenters. The van der Waals surface area contributed by atoms with E-state index in [-0.39, 0.29) is 10.6 Å². The molecule has 4 aromatic carbocycles. The van der Waals surface area contributed by atoms with Crippen molar-refractivity contribution in [2.24, 2.45) is 0 Å². The van der Waals surface area contributed by atoms with Crippen molar-refractivity contribution in [3.05, 3.63) is 173 Å². The van der Waals surface area contributed by atoms with Gasteiger partial charge in [0.2, 0.25) is 0 Å². The van der Waals surface area contributed by atoms with Gasteiger partial charge in [0.25, 0.3) is 0 Å². The fraction of sp³-hybridized carbons (Fsp3) is 0.304. The second kappa shape index (κ2) is 27.1. The maximum absolute atomic E-state index is 13.2. The number of nitrogens with zero attached hydrogens (tertiary/aromatic N) is 1. The molecule has 0 aromatic heterocycles. The van der Waals surface area contributed by atoms with Crippen LogP contribution in [-0.4, -0.2) is 18.0 Å². The standard InChI is InChI=1S/C18H21FN2S.2C10H14.C7H8.CH3N/c1-5-7-12-22-18(3,4)17(16(13-20)21-6-2)14-8-10-15(19)11-9-14;1-8(2)10-6-4-9(3)5-7-10;1-3-9(2)10-7-5-4-6-8-10;1-7-5-3-2-4-6-7;1-2/h5,7-12,21H,1,6H2,2-4H3;4-8H,1-3H3;4-9H,3H2,1-2H3;2-6H,1H3;2H,1H2/b12-7-,17-16-;;;;. The molecule has 272 valence electrons. The first-order chi connectivity index (χ1) is 24.4. The molecule has 0 aliphatic rings. The van der Waals surface area contributed by atoms with Crippen molar-refractivity contribution >= 4 is 24.1 Å². The van der Waals surface area contributed by atoms with Crippen LogP contribution < -0.4 is 5.32 Å². The van der Waals surface area contributed by atoms with Crippen LogP contribution >= 0.6 is 11.8 Å². The van der Waals surface area contributed by atoms with E-state index in [9.17, 15) is 9.65 Å². The van der Waals surface area contributed by atoms with Gasteiger partial charge in [-0.2, -0.15) is 5.26 Å². The van der Waals surface area contributed by atoms with Crippen molar-refractivity contribution in [1.82, 2.24) is 5.32 Å². The number of hydrogen-bond donors (Lipinski definition) is 2. The Balaban J connectivity index is 0.000000713. The van der Waals surface area contributed by atoms with E-state index in [0.717, 1.165) is 11.1 Å². The number of thioether (sulfide) groups is 1. The number of rotatable bonds is 10. The van der Waals surface area contributed by atoms with Crippen LogP contribution in [0.2, 0.25) is 0 Å². The lowest BCUT2D eigenvalue weighted by molar-refractivity contribution is 0.627. The van der Waals surface area contributed by atoms with Gasteiger partial charge >= 0.3 is 0 Å². The molecule has 4 rings (SSSR count). The van der Waals surface area contributed by atoms with Gasteiger partial charge in [-0.1, -0.05) is 155 Å². The Labute approximate surface area is 314 Å². The van der Waals surface area contributed by atoms with Crippen LogP contribution in [0, 0.1) is 36.4 Å². The molecule has 0 bridgehead atoms. The molecule has 0 heterocycles. The van der Waals surface area contributed by atoms with Gasteiger partial charge in [0.15, 0.2) is 0 Å². The van der Waals surface area contributed by atoms with E-state index in [0.29, 0.717) is 24.1 Å². The quantitative estimate of drug-likeness (QED) is 0.0981. The van der Waals surface area contributed by atoms with Crippen molar-refractivity contribution in [1.29, 1.82) is 10.7 Å². The van der Waals surface area contributed by atoms with E-state index in [4.69, 9.17) is 5.41 Å². The molecule has 0 amide bonds. The molecule has 3 nitrogen and oxygen atoms in total. The molecule has 4 aromatic rings. The molecule has 0 saturated carbocycles. The van der Waals surface area contributed by atoms with Crippen LogP contribution in [0.1, 0.15) is 94.5 Å². The third-order valence-electron chi connectivity index (χ3n) is 7.69. The molecule has 0 spiro atoms. The fourth-order valence-electron chi connectivity index (χ4n) is 4.60. The molecule has 0 fully saturated rings. The molecule has 0 aliphatic heterocycles. The van der Waals surface area contributed by atoms with Gasteiger partial charge < -0.3 is 10.7 Å². The Morgan fingerprint density at radius 3 is 1.75 bits per heavy atom. The molecule has 2 N–H and O–H groups in total. The van der Waals surface area contributed by atoms with Crippen LogP contribution in [0.5, 0.6) is 0 Å². The minimum absolute atomic E-state index is 0.290. The molecule has 51 heavy (non-hydrogen) atoms. The average Bonchev–Trinajstić information content (AvgIpc) is 3.14. The zero-order chi connectivity index (χ0) is 38.7. The minimum atomic E-state index is -0.357. The summed E-state index contributed by atoms with van der Waals surface area (Å²) in [4.78, 5) is 0. The highest BCUT2D eigenvalue weighted by atomic mass is 32.2. The number of nitrogens with one attached hydrogen (secondary N) is 2. The summed E-state index contributed by atoms with van der Waals surface area (Å²) in [7, 11) is 0.